The number of nitrogens with zero attached hydrogens (tertiary/aromatic N) is 1. The zero-order valence-corrected chi connectivity index (χ0v) is 18.4. The van der Waals surface area contributed by atoms with E-state index in [4.69, 9.17) is 4.74 Å². The maximum Gasteiger partial charge on any atom is 0.341 e. The van der Waals surface area contributed by atoms with Gasteiger partial charge in [0.05, 0.1) is 12.6 Å². The summed E-state index contributed by atoms with van der Waals surface area (Å²) >= 11 is 0. The minimum Gasteiger partial charge on any atom is -0.487 e. The molecule has 7 heteroatoms. The van der Waals surface area contributed by atoms with E-state index in [1.165, 1.54) is 6.20 Å². The minimum absolute atomic E-state index is 0.0669. The van der Waals surface area contributed by atoms with Crippen molar-refractivity contribution in [2.45, 2.75) is 38.3 Å². The van der Waals surface area contributed by atoms with Crippen molar-refractivity contribution in [3.8, 4) is 5.75 Å². The Labute approximate surface area is 191 Å². The molecule has 2 heterocycles. The summed E-state index contributed by atoms with van der Waals surface area (Å²) in [5, 5.41) is 12.6. The van der Waals surface area contributed by atoms with Crippen LogP contribution in [0.25, 0.3) is 0 Å². The normalized spacial score (nSPS) is 15.1. The van der Waals surface area contributed by atoms with E-state index in [0.717, 1.165) is 17.5 Å². The average Bonchev–Trinajstić information content (AvgIpc) is 2.82. The number of unbranched alkanes of at least 4 members (excludes halogenated alkanes) is 1. The second-order valence-corrected chi connectivity index (χ2v) is 8.09. The number of amides is 1. The highest BCUT2D eigenvalue weighted by atomic mass is 16.5. The lowest BCUT2D eigenvalue weighted by Gasteiger charge is -2.34. The van der Waals surface area contributed by atoms with Gasteiger partial charge < -0.3 is 19.7 Å². The summed E-state index contributed by atoms with van der Waals surface area (Å²) in [5.41, 5.74) is 0.931. The van der Waals surface area contributed by atoms with Gasteiger partial charge in [0.1, 0.15) is 5.56 Å². The molecule has 2 N–H and O–H groups in total. The predicted molar refractivity (Wildman–Crippen MR) is 124 cm³/mol. The van der Waals surface area contributed by atoms with Crippen LogP contribution < -0.4 is 15.5 Å². The third-order valence-corrected chi connectivity index (χ3v) is 5.86. The van der Waals surface area contributed by atoms with Crippen LogP contribution in [0.15, 0.2) is 71.7 Å². The molecule has 0 spiro atoms. The van der Waals surface area contributed by atoms with Crippen LogP contribution in [0.3, 0.4) is 0 Å². The number of carboxylic acid groups (broad SMARTS) is 1. The molecule has 1 atom stereocenters. The molecule has 1 aliphatic rings. The second kappa shape index (κ2) is 9.73. The van der Waals surface area contributed by atoms with Gasteiger partial charge in [-0.05, 0) is 17.5 Å². The molecule has 0 fully saturated rings. The third-order valence-electron chi connectivity index (χ3n) is 5.86. The quantitative estimate of drug-likeness (QED) is 0.515. The number of carbonyl (C=O) groups is 2. The highest BCUT2D eigenvalue weighted by Crippen LogP contribution is 2.32. The first-order valence-corrected chi connectivity index (χ1v) is 11.1. The Balaban J connectivity index is 1.80. The van der Waals surface area contributed by atoms with Crippen molar-refractivity contribution in [3.63, 3.8) is 0 Å². The summed E-state index contributed by atoms with van der Waals surface area (Å²) in [5.74, 6) is -2.17. The monoisotopic (exact) mass is 446 g/mol. The number of carbonyl (C=O) groups excluding carboxylic acids is 1. The number of carboxylic acids is 1. The van der Waals surface area contributed by atoms with E-state index in [1.807, 2.05) is 67.6 Å². The first kappa shape index (κ1) is 22.3. The van der Waals surface area contributed by atoms with Gasteiger partial charge in [0.15, 0.2) is 11.4 Å². The van der Waals surface area contributed by atoms with Crippen molar-refractivity contribution in [2.75, 3.05) is 6.61 Å². The van der Waals surface area contributed by atoms with Gasteiger partial charge in [-0.25, -0.2) is 4.79 Å². The summed E-state index contributed by atoms with van der Waals surface area (Å²) < 4.78 is 7.19. The van der Waals surface area contributed by atoms with Gasteiger partial charge in [0, 0.05) is 18.7 Å². The fourth-order valence-corrected chi connectivity index (χ4v) is 4.28. The maximum absolute atomic E-state index is 13.3. The lowest BCUT2D eigenvalue weighted by molar-refractivity contribution is 0.0690. The summed E-state index contributed by atoms with van der Waals surface area (Å²) in [4.78, 5) is 37.8. The molecule has 1 aromatic heterocycles. The third kappa shape index (κ3) is 4.53. The molecule has 0 aliphatic carbocycles. The van der Waals surface area contributed by atoms with E-state index < -0.39 is 22.9 Å². The van der Waals surface area contributed by atoms with Gasteiger partial charge in [0.25, 0.3) is 5.91 Å². The lowest BCUT2D eigenvalue weighted by Crippen LogP contribution is -2.49. The fourth-order valence-electron chi connectivity index (χ4n) is 4.28. The predicted octanol–water partition coefficient (Wildman–Crippen LogP) is 3.67. The zero-order valence-electron chi connectivity index (χ0n) is 18.4. The topological polar surface area (TPSA) is 97.6 Å². The van der Waals surface area contributed by atoms with Gasteiger partial charge in [0.2, 0.25) is 5.43 Å². The van der Waals surface area contributed by atoms with Crippen molar-refractivity contribution < 1.29 is 19.4 Å². The number of hydrogen-bond donors (Lipinski definition) is 2. The van der Waals surface area contributed by atoms with Crippen LogP contribution in [0.2, 0.25) is 0 Å². The van der Waals surface area contributed by atoms with Crippen LogP contribution in [-0.2, 0) is 6.54 Å². The second-order valence-electron chi connectivity index (χ2n) is 8.09. The number of aromatic carboxylic acids is 1. The number of pyridine rings is 1. The Hall–Kier alpha value is -3.87. The molecule has 3 aromatic rings. The molecule has 4 rings (SSSR count). The van der Waals surface area contributed by atoms with Crippen molar-refractivity contribution in [1.82, 2.24) is 9.88 Å². The summed E-state index contributed by atoms with van der Waals surface area (Å²) in [6.45, 7) is 2.50. The van der Waals surface area contributed by atoms with E-state index in [2.05, 4.69) is 5.32 Å². The van der Waals surface area contributed by atoms with Gasteiger partial charge in [-0.3, -0.25) is 9.59 Å². The Morgan fingerprint density at radius 3 is 2.24 bits per heavy atom. The minimum atomic E-state index is -1.35. The van der Waals surface area contributed by atoms with E-state index in [1.54, 1.807) is 4.57 Å². The first-order chi connectivity index (χ1) is 16.0. The van der Waals surface area contributed by atoms with Crippen LogP contribution in [0.1, 0.15) is 57.7 Å². The number of aromatic nitrogens is 1. The van der Waals surface area contributed by atoms with E-state index >= 15 is 0 Å². The van der Waals surface area contributed by atoms with Crippen LogP contribution >= 0.6 is 0 Å². The largest absolute Gasteiger partial charge is 0.487 e. The highest BCUT2D eigenvalue weighted by molar-refractivity contribution is 5.98. The van der Waals surface area contributed by atoms with Crippen molar-refractivity contribution in [3.05, 3.63) is 99.5 Å². The molecule has 0 saturated heterocycles. The Bertz CT molecular complexity index is 1170. The first-order valence-electron chi connectivity index (χ1n) is 11.1. The zero-order chi connectivity index (χ0) is 23.4. The maximum atomic E-state index is 13.3. The highest BCUT2D eigenvalue weighted by Gasteiger charge is 2.35. The molecular formula is C26H26N2O5. The summed E-state index contributed by atoms with van der Waals surface area (Å²) in [6.07, 6.45) is 2.78. The lowest BCUT2D eigenvalue weighted by atomic mass is 9.84. The molecule has 33 heavy (non-hydrogen) atoms. The number of ether oxygens (including phenoxy) is 1. The number of fused-ring (bicyclic) bond motifs is 1. The summed E-state index contributed by atoms with van der Waals surface area (Å²) in [6, 6.07) is 19.3. The van der Waals surface area contributed by atoms with Gasteiger partial charge in [-0.2, -0.15) is 0 Å². The van der Waals surface area contributed by atoms with Crippen molar-refractivity contribution in [2.24, 2.45) is 0 Å². The number of rotatable bonds is 8. The Kier molecular flexibility index (Phi) is 6.58. The van der Waals surface area contributed by atoms with Gasteiger partial charge >= 0.3 is 5.97 Å². The molecule has 170 valence electrons. The molecule has 1 aliphatic heterocycles. The molecule has 0 saturated carbocycles. The molecule has 0 radical (unpaired) electrons. The number of hydrogen-bond acceptors (Lipinski definition) is 4. The van der Waals surface area contributed by atoms with Crippen LogP contribution in [0.5, 0.6) is 5.75 Å². The average molecular weight is 447 g/mol. The molecule has 7 nitrogen and oxygen atoms in total. The standard InChI is InChI=1S/C26H26N2O5/c1-2-3-14-33-24-22-25(30)27-20(16-28(22)15-19(23(24)29)26(31)32)21(17-10-6-4-7-11-17)18-12-8-5-9-13-18/h4-13,15,20-21H,2-3,14,16H2,1H3,(H,27,30)(H,31,32)/t20-/m0/s1. The number of nitrogens with one attached hydrogen (secondary N) is 1. The van der Waals surface area contributed by atoms with Crippen molar-refractivity contribution in [1.29, 1.82) is 0 Å². The number of benzene rings is 2. The SMILES string of the molecule is CCCCOc1c2n(cc(C(=O)O)c1=O)C[C@@H](C(c1ccccc1)c1ccccc1)NC2=O. The van der Waals surface area contributed by atoms with E-state index in [9.17, 15) is 19.5 Å². The van der Waals surface area contributed by atoms with Gasteiger partial charge in [-0.15, -0.1) is 0 Å². The molecular weight excluding hydrogens is 420 g/mol. The summed E-state index contributed by atoms with van der Waals surface area (Å²) in [7, 11) is 0. The van der Waals surface area contributed by atoms with E-state index in [0.29, 0.717) is 13.0 Å². The van der Waals surface area contributed by atoms with Crippen LogP contribution in [0.4, 0.5) is 0 Å². The molecule has 0 unspecified atom stereocenters. The smallest absolute Gasteiger partial charge is 0.341 e. The Morgan fingerprint density at radius 1 is 1.09 bits per heavy atom. The van der Waals surface area contributed by atoms with Gasteiger partial charge in [-0.1, -0.05) is 74.0 Å². The van der Waals surface area contributed by atoms with Crippen LogP contribution in [-0.4, -0.2) is 34.2 Å². The van der Waals surface area contributed by atoms with E-state index in [-0.39, 0.29) is 30.0 Å². The molecule has 1 amide bonds. The van der Waals surface area contributed by atoms with Crippen LogP contribution in [0, 0.1) is 0 Å². The Morgan fingerprint density at radius 2 is 1.70 bits per heavy atom. The molecule has 2 aromatic carbocycles. The van der Waals surface area contributed by atoms with Crippen molar-refractivity contribution >= 4 is 11.9 Å². The fraction of sp³-hybridized carbons (Fsp3) is 0.269. The molecule has 0 bridgehead atoms.